The van der Waals surface area contributed by atoms with E-state index in [1.165, 1.54) is 24.3 Å². The van der Waals surface area contributed by atoms with E-state index in [9.17, 15) is 13.2 Å². The molecule has 1 amide bonds. The van der Waals surface area contributed by atoms with Crippen LogP contribution in [-0.4, -0.2) is 23.9 Å². The van der Waals surface area contributed by atoms with Gasteiger partial charge in [-0.25, -0.2) is 0 Å². The first kappa shape index (κ1) is 14.2. The number of benzene rings is 1. The SMILES string of the molecule is CC(=O)N(NC(N)=S)S(=O)(=O)c1ccc(N)cc1. The topological polar surface area (TPSA) is 119 Å². The lowest BCUT2D eigenvalue weighted by Gasteiger charge is -2.21. The molecule has 1 rings (SSSR count). The van der Waals surface area contributed by atoms with E-state index in [-0.39, 0.29) is 10.0 Å². The number of nitrogen functional groups attached to an aromatic ring is 1. The van der Waals surface area contributed by atoms with Crippen LogP contribution in [0.5, 0.6) is 0 Å². The molecule has 1 aromatic carbocycles. The van der Waals surface area contributed by atoms with Crippen molar-refractivity contribution < 1.29 is 13.2 Å². The molecule has 0 atom stereocenters. The van der Waals surface area contributed by atoms with Gasteiger partial charge in [0.05, 0.1) is 4.90 Å². The van der Waals surface area contributed by atoms with Gasteiger partial charge in [0.1, 0.15) is 0 Å². The zero-order valence-corrected chi connectivity index (χ0v) is 11.1. The Balaban J connectivity index is 3.21. The number of nitrogens with zero attached hydrogens (tertiary/aromatic N) is 1. The van der Waals surface area contributed by atoms with E-state index >= 15 is 0 Å². The Morgan fingerprint density at radius 3 is 2.22 bits per heavy atom. The molecule has 0 aliphatic carbocycles. The van der Waals surface area contributed by atoms with Crippen molar-refractivity contribution in [1.82, 2.24) is 9.84 Å². The van der Waals surface area contributed by atoms with Crippen LogP contribution in [0.3, 0.4) is 0 Å². The lowest BCUT2D eigenvalue weighted by Crippen LogP contribution is -2.50. The van der Waals surface area contributed by atoms with Crippen LogP contribution >= 0.6 is 12.2 Å². The minimum Gasteiger partial charge on any atom is -0.399 e. The molecule has 1 aromatic rings. The van der Waals surface area contributed by atoms with Crippen LogP contribution in [0.4, 0.5) is 5.69 Å². The van der Waals surface area contributed by atoms with E-state index in [0.29, 0.717) is 10.1 Å². The molecule has 0 saturated heterocycles. The molecule has 18 heavy (non-hydrogen) atoms. The van der Waals surface area contributed by atoms with Crippen LogP contribution in [0.25, 0.3) is 0 Å². The first-order chi connectivity index (χ1) is 8.25. The molecule has 0 heterocycles. The summed E-state index contributed by atoms with van der Waals surface area (Å²) in [6, 6.07) is 5.38. The fourth-order valence-electron chi connectivity index (χ4n) is 1.15. The minimum atomic E-state index is -4.06. The zero-order chi connectivity index (χ0) is 13.9. The summed E-state index contributed by atoms with van der Waals surface area (Å²) in [7, 11) is -4.06. The van der Waals surface area contributed by atoms with E-state index < -0.39 is 15.9 Å². The van der Waals surface area contributed by atoms with Gasteiger partial charge >= 0.3 is 0 Å². The van der Waals surface area contributed by atoms with Crippen molar-refractivity contribution in [2.75, 3.05) is 5.73 Å². The third-order valence-corrected chi connectivity index (χ3v) is 3.70. The van der Waals surface area contributed by atoms with Crippen molar-refractivity contribution >= 4 is 38.9 Å². The first-order valence-electron chi connectivity index (χ1n) is 4.72. The predicted molar refractivity (Wildman–Crippen MR) is 70.5 cm³/mol. The summed E-state index contributed by atoms with van der Waals surface area (Å²) in [4.78, 5) is 11.2. The largest absolute Gasteiger partial charge is 0.399 e. The number of hydrazine groups is 1. The molecule has 5 N–H and O–H groups in total. The number of anilines is 1. The third-order valence-electron chi connectivity index (χ3n) is 1.92. The third kappa shape index (κ3) is 3.08. The van der Waals surface area contributed by atoms with Gasteiger partial charge in [-0.3, -0.25) is 10.2 Å². The monoisotopic (exact) mass is 288 g/mol. The summed E-state index contributed by atoms with van der Waals surface area (Å²) in [5.74, 6) is -0.764. The average molecular weight is 288 g/mol. The van der Waals surface area contributed by atoms with Crippen molar-refractivity contribution in [2.24, 2.45) is 5.73 Å². The quantitative estimate of drug-likeness (QED) is 0.383. The fraction of sp³-hybridized carbons (Fsp3) is 0.111. The number of thiocarbonyl (C=S) groups is 1. The molecule has 0 aromatic heterocycles. The maximum atomic E-state index is 12.1. The van der Waals surface area contributed by atoms with E-state index in [1.807, 2.05) is 0 Å². The van der Waals surface area contributed by atoms with Gasteiger partial charge < -0.3 is 11.5 Å². The number of rotatable bonds is 2. The summed E-state index contributed by atoms with van der Waals surface area (Å²) in [6.45, 7) is 1.07. The Morgan fingerprint density at radius 1 is 1.33 bits per heavy atom. The Hall–Kier alpha value is -1.87. The standard InChI is InChI=1S/C9H12N4O3S2/c1-6(14)13(12-9(11)17)18(15,16)8-4-2-7(10)3-5-8/h2-5H,10H2,1H3,(H3,11,12,17). The summed E-state index contributed by atoms with van der Waals surface area (Å²) < 4.78 is 24.6. The Bertz CT molecular complexity index is 568. The molecule has 0 fully saturated rings. The molecule has 0 aliphatic rings. The second-order valence-corrected chi connectivity index (χ2v) is 5.56. The normalized spacial score (nSPS) is 10.7. The number of amides is 1. The number of sulfonamides is 1. The second-order valence-electron chi connectivity index (χ2n) is 3.33. The van der Waals surface area contributed by atoms with Crippen LogP contribution in [0.1, 0.15) is 6.92 Å². The smallest absolute Gasteiger partial charge is 0.284 e. The summed E-state index contributed by atoms with van der Waals surface area (Å²) in [5.41, 5.74) is 13.1. The van der Waals surface area contributed by atoms with Crippen LogP contribution in [0, 0.1) is 0 Å². The molecule has 0 saturated carbocycles. The maximum absolute atomic E-state index is 12.1. The van der Waals surface area contributed by atoms with Crippen molar-refractivity contribution in [1.29, 1.82) is 0 Å². The Labute approximate surface area is 110 Å². The van der Waals surface area contributed by atoms with Crippen molar-refractivity contribution in [2.45, 2.75) is 11.8 Å². The molecular weight excluding hydrogens is 276 g/mol. The molecule has 0 unspecified atom stereocenters. The van der Waals surface area contributed by atoms with Gasteiger partial charge in [-0.05, 0) is 36.5 Å². The summed E-state index contributed by atoms with van der Waals surface area (Å²) in [5, 5.41) is -0.329. The molecule has 0 spiro atoms. The Morgan fingerprint density at radius 2 is 1.83 bits per heavy atom. The number of nitrogens with two attached hydrogens (primary N) is 2. The summed E-state index contributed by atoms with van der Waals surface area (Å²) in [6.07, 6.45) is 0. The highest BCUT2D eigenvalue weighted by molar-refractivity contribution is 7.89. The minimum absolute atomic E-state index is 0.101. The molecule has 9 heteroatoms. The van der Waals surface area contributed by atoms with Gasteiger partial charge in [-0.15, -0.1) is 4.41 Å². The highest BCUT2D eigenvalue weighted by atomic mass is 32.2. The molecule has 7 nitrogen and oxygen atoms in total. The molecule has 0 bridgehead atoms. The fourth-order valence-corrected chi connectivity index (χ4v) is 2.55. The first-order valence-corrected chi connectivity index (χ1v) is 6.57. The van der Waals surface area contributed by atoms with Gasteiger partial charge in [0.25, 0.3) is 15.9 Å². The number of carbonyl (C=O) groups excluding carboxylic acids is 1. The van der Waals surface area contributed by atoms with Gasteiger partial charge in [0.15, 0.2) is 5.11 Å². The van der Waals surface area contributed by atoms with Crippen LogP contribution < -0.4 is 16.9 Å². The molecule has 98 valence electrons. The predicted octanol–water partition coefficient (Wildman–Crippen LogP) is -0.446. The van der Waals surface area contributed by atoms with E-state index in [1.54, 1.807) is 0 Å². The second kappa shape index (κ2) is 5.19. The average Bonchev–Trinajstić information content (AvgIpc) is 2.25. The Kier molecular flexibility index (Phi) is 4.09. The van der Waals surface area contributed by atoms with Gasteiger partial charge in [0.2, 0.25) is 0 Å². The van der Waals surface area contributed by atoms with Crippen molar-refractivity contribution in [3.63, 3.8) is 0 Å². The van der Waals surface area contributed by atoms with Crippen molar-refractivity contribution in [3.05, 3.63) is 24.3 Å². The van der Waals surface area contributed by atoms with Gasteiger partial charge in [-0.1, -0.05) is 0 Å². The van der Waals surface area contributed by atoms with Crippen LogP contribution in [-0.2, 0) is 14.8 Å². The van der Waals surface area contributed by atoms with Gasteiger partial charge in [0, 0.05) is 12.6 Å². The number of nitrogens with one attached hydrogen (secondary N) is 1. The number of hydrogen-bond acceptors (Lipinski definition) is 5. The van der Waals surface area contributed by atoms with Crippen LogP contribution in [0.15, 0.2) is 29.2 Å². The van der Waals surface area contributed by atoms with Gasteiger partial charge in [-0.2, -0.15) is 8.42 Å². The van der Waals surface area contributed by atoms with Crippen molar-refractivity contribution in [3.8, 4) is 0 Å². The molecule has 0 radical (unpaired) electrons. The van der Waals surface area contributed by atoms with E-state index in [2.05, 4.69) is 17.6 Å². The highest BCUT2D eigenvalue weighted by Gasteiger charge is 2.27. The summed E-state index contributed by atoms with van der Waals surface area (Å²) >= 11 is 4.52. The van der Waals surface area contributed by atoms with E-state index in [4.69, 9.17) is 11.5 Å². The zero-order valence-electron chi connectivity index (χ0n) is 9.45. The lowest BCUT2D eigenvalue weighted by molar-refractivity contribution is -0.125. The number of carbonyl (C=O) groups is 1. The highest BCUT2D eigenvalue weighted by Crippen LogP contribution is 2.15. The molecule has 0 aliphatic heterocycles. The van der Waals surface area contributed by atoms with Crippen LogP contribution in [0.2, 0.25) is 0 Å². The maximum Gasteiger partial charge on any atom is 0.284 e. The van der Waals surface area contributed by atoms with E-state index in [0.717, 1.165) is 6.92 Å². The molecular formula is C9H12N4O3S2. The number of hydrogen-bond donors (Lipinski definition) is 3. The lowest BCUT2D eigenvalue weighted by atomic mass is 10.3.